The molecule has 1 unspecified atom stereocenters. The molecule has 25 heavy (non-hydrogen) atoms. The first-order valence-electron chi connectivity index (χ1n) is 9.24. The lowest BCUT2D eigenvalue weighted by atomic mass is 9.87. The Bertz CT molecular complexity index is 500. The Hall–Kier alpha value is -1.71. The van der Waals surface area contributed by atoms with E-state index in [9.17, 15) is 13.6 Å². The van der Waals surface area contributed by atoms with Crippen molar-refractivity contribution < 1.29 is 18.3 Å². The van der Waals surface area contributed by atoms with Gasteiger partial charge in [-0.3, -0.25) is 0 Å². The minimum Gasteiger partial charge on any atom is -0.462 e. The summed E-state index contributed by atoms with van der Waals surface area (Å²) in [5.74, 6) is -6.05. The Morgan fingerprint density at radius 3 is 2.32 bits per heavy atom. The lowest BCUT2D eigenvalue weighted by molar-refractivity contribution is -0.175. The largest absolute Gasteiger partial charge is 0.462 e. The zero-order valence-electron chi connectivity index (χ0n) is 15.2. The monoisotopic (exact) mass is 352 g/mol. The highest BCUT2D eigenvalue weighted by Gasteiger charge is 2.48. The second-order valence-electron chi connectivity index (χ2n) is 6.29. The third kappa shape index (κ3) is 7.37. The molecular weight excluding hydrogens is 322 g/mol. The fourth-order valence-electron chi connectivity index (χ4n) is 2.96. The molecule has 1 aromatic carbocycles. The Kier molecular flexibility index (Phi) is 10.0. The average Bonchev–Trinajstić information content (AvgIpc) is 2.61. The summed E-state index contributed by atoms with van der Waals surface area (Å²) in [7, 11) is 0. The summed E-state index contributed by atoms with van der Waals surface area (Å²) in [5.41, 5.74) is 0.492. The van der Waals surface area contributed by atoms with Gasteiger partial charge in [0.2, 0.25) is 0 Å². The Labute approximate surface area is 150 Å². The van der Waals surface area contributed by atoms with Crippen molar-refractivity contribution in [2.45, 2.75) is 70.1 Å². The van der Waals surface area contributed by atoms with Crippen LogP contribution in [0.4, 0.5) is 8.78 Å². The van der Waals surface area contributed by atoms with Gasteiger partial charge in [-0.25, -0.2) is 4.79 Å². The molecule has 0 spiro atoms. The van der Waals surface area contributed by atoms with Crippen molar-refractivity contribution in [2.24, 2.45) is 0 Å². The first-order valence-corrected chi connectivity index (χ1v) is 9.24. The zero-order valence-corrected chi connectivity index (χ0v) is 15.2. The van der Waals surface area contributed by atoms with Crippen LogP contribution in [0.1, 0.15) is 69.8 Å². The van der Waals surface area contributed by atoms with E-state index in [2.05, 4.69) is 11.3 Å². The van der Waals surface area contributed by atoms with Crippen LogP contribution < -0.4 is 0 Å². The van der Waals surface area contributed by atoms with E-state index in [0.29, 0.717) is 12.0 Å². The molecule has 1 atom stereocenters. The van der Waals surface area contributed by atoms with Crippen molar-refractivity contribution in [2.75, 3.05) is 6.61 Å². The van der Waals surface area contributed by atoms with Crippen LogP contribution in [0, 0.1) is 0 Å². The summed E-state index contributed by atoms with van der Waals surface area (Å²) < 4.78 is 33.8. The highest BCUT2D eigenvalue weighted by molar-refractivity contribution is 5.79. The van der Waals surface area contributed by atoms with Gasteiger partial charge in [-0.2, -0.15) is 8.78 Å². The summed E-state index contributed by atoms with van der Waals surface area (Å²) in [6.07, 6.45) is 9.23. The first kappa shape index (κ1) is 21.3. The van der Waals surface area contributed by atoms with Crippen molar-refractivity contribution in [1.29, 1.82) is 0 Å². The Morgan fingerprint density at radius 2 is 1.72 bits per heavy atom. The number of carbonyl (C=O) groups is 1. The molecule has 0 aliphatic rings. The first-order chi connectivity index (χ1) is 12.0. The Balaban J connectivity index is 2.59. The number of hydrogen-bond donors (Lipinski definition) is 0. The topological polar surface area (TPSA) is 26.3 Å². The van der Waals surface area contributed by atoms with E-state index in [0.717, 1.165) is 38.5 Å². The number of esters is 1. The van der Waals surface area contributed by atoms with Crippen LogP contribution in [0.2, 0.25) is 0 Å². The third-order valence-corrected chi connectivity index (χ3v) is 4.34. The molecule has 0 saturated heterocycles. The number of hydrogen-bond acceptors (Lipinski definition) is 2. The smallest absolute Gasteiger partial charge is 0.377 e. The predicted molar refractivity (Wildman–Crippen MR) is 97.9 cm³/mol. The minimum absolute atomic E-state index is 0.0410. The Morgan fingerprint density at radius 1 is 1.12 bits per heavy atom. The summed E-state index contributed by atoms with van der Waals surface area (Å²) in [4.78, 5) is 11.7. The van der Waals surface area contributed by atoms with Gasteiger partial charge in [0.1, 0.15) is 0 Å². The highest BCUT2D eigenvalue weighted by Crippen LogP contribution is 2.38. The van der Waals surface area contributed by atoms with E-state index >= 15 is 0 Å². The molecule has 0 aliphatic heterocycles. The van der Waals surface area contributed by atoms with Crippen LogP contribution in [0.15, 0.2) is 43.0 Å². The molecular formula is C21H30F2O2. The number of halogens is 2. The molecule has 1 aromatic rings. The molecule has 0 aromatic heterocycles. The van der Waals surface area contributed by atoms with E-state index in [1.165, 1.54) is 6.92 Å². The molecule has 0 heterocycles. The number of rotatable bonds is 13. The molecule has 1 rings (SSSR count). The summed E-state index contributed by atoms with van der Waals surface area (Å²) in [5, 5.41) is 0. The molecule has 4 heteroatoms. The van der Waals surface area contributed by atoms with Crippen LogP contribution in [0.25, 0.3) is 0 Å². The van der Waals surface area contributed by atoms with E-state index in [1.807, 2.05) is 6.08 Å². The zero-order chi connectivity index (χ0) is 18.5. The number of benzene rings is 1. The SMILES string of the molecule is C=CCCCCCCCCC(c1ccccc1)C(F)(F)C(=O)OCC. The number of unbranched alkanes of at least 4 members (excludes halogenated alkanes) is 6. The molecule has 140 valence electrons. The number of ether oxygens (including phenoxy) is 1. The van der Waals surface area contributed by atoms with Crippen LogP contribution in [-0.2, 0) is 9.53 Å². The summed E-state index contributed by atoms with van der Waals surface area (Å²) in [6.45, 7) is 5.20. The molecule has 0 aliphatic carbocycles. The molecule has 0 N–H and O–H groups in total. The fraction of sp³-hybridized carbons (Fsp3) is 0.571. The fourth-order valence-corrected chi connectivity index (χ4v) is 2.96. The van der Waals surface area contributed by atoms with Gasteiger partial charge in [-0.05, 0) is 31.7 Å². The van der Waals surface area contributed by atoms with Gasteiger partial charge in [0.05, 0.1) is 12.5 Å². The maximum absolute atomic E-state index is 14.6. The van der Waals surface area contributed by atoms with Gasteiger partial charge in [-0.15, -0.1) is 6.58 Å². The van der Waals surface area contributed by atoms with Crippen LogP contribution in [0.5, 0.6) is 0 Å². The van der Waals surface area contributed by atoms with Gasteiger partial charge in [0, 0.05) is 0 Å². The quantitative estimate of drug-likeness (QED) is 0.237. The minimum atomic E-state index is -3.50. The number of carbonyl (C=O) groups excluding carboxylic acids is 1. The summed E-state index contributed by atoms with van der Waals surface area (Å²) >= 11 is 0. The molecule has 0 saturated carbocycles. The lowest BCUT2D eigenvalue weighted by Crippen LogP contribution is -2.37. The normalized spacial score (nSPS) is 12.6. The number of alkyl halides is 2. The standard InChI is InChI=1S/C21H30F2O2/c1-3-5-6-7-8-9-10-14-17-19(18-15-12-11-13-16-18)21(22,23)20(24)25-4-2/h3,11-13,15-16,19H,1,4-10,14,17H2,2H3. The average molecular weight is 352 g/mol. The maximum atomic E-state index is 14.6. The third-order valence-electron chi connectivity index (χ3n) is 4.34. The van der Waals surface area contributed by atoms with Gasteiger partial charge in [0.25, 0.3) is 0 Å². The van der Waals surface area contributed by atoms with E-state index in [4.69, 9.17) is 0 Å². The van der Waals surface area contributed by atoms with Gasteiger partial charge < -0.3 is 4.74 Å². The molecule has 0 bridgehead atoms. The van der Waals surface area contributed by atoms with Gasteiger partial charge >= 0.3 is 11.9 Å². The lowest BCUT2D eigenvalue weighted by Gasteiger charge is -2.25. The molecule has 2 nitrogen and oxygen atoms in total. The van der Waals surface area contributed by atoms with Crippen LogP contribution >= 0.6 is 0 Å². The van der Waals surface area contributed by atoms with Crippen molar-refractivity contribution in [1.82, 2.24) is 0 Å². The van der Waals surface area contributed by atoms with E-state index in [1.54, 1.807) is 30.3 Å². The predicted octanol–water partition coefficient (Wildman–Crippen LogP) is 6.28. The van der Waals surface area contributed by atoms with Crippen LogP contribution in [-0.4, -0.2) is 18.5 Å². The van der Waals surface area contributed by atoms with Gasteiger partial charge in [-0.1, -0.05) is 68.5 Å². The molecule has 0 amide bonds. The second kappa shape index (κ2) is 11.8. The van der Waals surface area contributed by atoms with Gasteiger partial charge in [0.15, 0.2) is 0 Å². The van der Waals surface area contributed by atoms with Crippen molar-refractivity contribution >= 4 is 5.97 Å². The van der Waals surface area contributed by atoms with E-state index in [-0.39, 0.29) is 13.0 Å². The van der Waals surface area contributed by atoms with E-state index < -0.39 is 17.8 Å². The highest BCUT2D eigenvalue weighted by atomic mass is 19.3. The second-order valence-corrected chi connectivity index (χ2v) is 6.29. The molecule has 0 radical (unpaired) electrons. The summed E-state index contributed by atoms with van der Waals surface area (Å²) in [6, 6.07) is 8.55. The molecule has 0 fully saturated rings. The van der Waals surface area contributed by atoms with Crippen LogP contribution in [0.3, 0.4) is 0 Å². The number of allylic oxidation sites excluding steroid dienone is 1. The maximum Gasteiger partial charge on any atom is 0.377 e. The van der Waals surface area contributed by atoms with Crippen molar-refractivity contribution in [3.05, 3.63) is 48.6 Å². The van der Waals surface area contributed by atoms with Crippen molar-refractivity contribution in [3.8, 4) is 0 Å². The van der Waals surface area contributed by atoms with Crippen molar-refractivity contribution in [3.63, 3.8) is 0 Å².